The number of hydrogen-bond acceptors (Lipinski definition) is 1. The molecule has 0 saturated heterocycles. The minimum Gasteiger partial charge on any atom is -1.00 e. The summed E-state index contributed by atoms with van der Waals surface area (Å²) in [5, 5.41) is 9.23. The minimum absolute atomic E-state index is 0. The molecule has 41 heavy (non-hydrogen) atoms. The van der Waals surface area contributed by atoms with Crippen molar-refractivity contribution in [2.75, 3.05) is 0 Å². The van der Waals surface area contributed by atoms with Crippen LogP contribution in [0.3, 0.4) is 0 Å². The van der Waals surface area contributed by atoms with Crippen LogP contribution in [0.2, 0.25) is 13.1 Å². The van der Waals surface area contributed by atoms with Gasteiger partial charge in [-0.15, -0.1) is 34.5 Å². The number of aryl methyl sites for hydroxylation is 1. The van der Waals surface area contributed by atoms with E-state index in [9.17, 15) is 0 Å². The molecule has 211 valence electrons. The summed E-state index contributed by atoms with van der Waals surface area (Å²) in [7, 11) is -0.976. The molecule has 1 aromatic heterocycles. The third kappa shape index (κ3) is 4.80. The fourth-order valence-corrected chi connectivity index (χ4v) is 15.7. The number of halogens is 2. The van der Waals surface area contributed by atoms with Gasteiger partial charge in [0, 0.05) is 5.54 Å². The van der Waals surface area contributed by atoms with E-state index in [2.05, 4.69) is 92.3 Å². The van der Waals surface area contributed by atoms with E-state index in [0.29, 0.717) is 5.41 Å². The monoisotopic (exact) mass is 691 g/mol. The predicted molar refractivity (Wildman–Crippen MR) is 167 cm³/mol. The van der Waals surface area contributed by atoms with Gasteiger partial charge in [-0.2, -0.15) is 17.4 Å². The van der Waals surface area contributed by atoms with Crippen LogP contribution in [0.15, 0.2) is 70.9 Å². The van der Waals surface area contributed by atoms with Crippen LogP contribution in [-0.4, -0.2) is 8.07 Å². The van der Waals surface area contributed by atoms with E-state index in [1.807, 2.05) is 11.3 Å². The molecule has 5 aliphatic carbocycles. The van der Waals surface area contributed by atoms with Crippen LogP contribution in [0.5, 0.6) is 0 Å². The van der Waals surface area contributed by atoms with Crippen molar-refractivity contribution in [2.24, 2.45) is 17.8 Å². The quantitative estimate of drug-likeness (QED) is 0.216. The van der Waals surface area contributed by atoms with Gasteiger partial charge in [-0.25, -0.2) is 0 Å². The summed E-state index contributed by atoms with van der Waals surface area (Å²) in [6, 6.07) is 21.1. The second kappa shape index (κ2) is 11.3. The van der Waals surface area contributed by atoms with E-state index < -0.39 is 8.07 Å². The first kappa shape index (κ1) is 31.6. The van der Waals surface area contributed by atoms with Gasteiger partial charge < -0.3 is 24.8 Å². The van der Waals surface area contributed by atoms with Crippen molar-refractivity contribution in [2.45, 2.75) is 76.4 Å². The molecule has 1 radical (unpaired) electrons. The molecule has 2 aliphatic heterocycles. The molecule has 0 nitrogen and oxygen atoms in total. The summed E-state index contributed by atoms with van der Waals surface area (Å²) >= 11 is 1.87. The maximum absolute atomic E-state index is 2.50. The Morgan fingerprint density at radius 1 is 0.829 bits per heavy atom. The van der Waals surface area contributed by atoms with Crippen LogP contribution in [0.1, 0.15) is 73.2 Å². The smallest absolute Gasteiger partial charge is 1.00 e. The van der Waals surface area contributed by atoms with Gasteiger partial charge in [-0.1, -0.05) is 66.7 Å². The third-order valence-corrected chi connectivity index (χ3v) is 16.1. The SMILES string of the molecule is CC1=C2c3cscc3C1[Si]2(C)C.Cc1cc2c(-c3ccc(C45CC6CC(CC(C6)C4)C5)cc3)cccc2[cH-]1.[Cl-].[Cl-].[Zr+3]. The molecule has 0 spiro atoms. The van der Waals surface area contributed by atoms with Crippen molar-refractivity contribution < 1.29 is 51.0 Å². The molecule has 0 N–H and O–H groups in total. The first-order valence-electron chi connectivity index (χ1n) is 14.9. The molecular formula is C36H39Cl2SSiZr. The third-order valence-electron chi connectivity index (χ3n) is 11.2. The summed E-state index contributed by atoms with van der Waals surface area (Å²) in [4.78, 5) is 0. The second-order valence-corrected chi connectivity index (χ2v) is 19.3. The van der Waals surface area contributed by atoms with Gasteiger partial charge in [0.2, 0.25) is 0 Å². The second-order valence-electron chi connectivity index (χ2n) is 14.1. The van der Waals surface area contributed by atoms with Gasteiger partial charge in [-0.05, 0) is 102 Å². The molecule has 7 aliphatic rings. The Hall–Kier alpha value is -0.830. The fraction of sp³-hybridized carbons (Fsp3) is 0.417. The summed E-state index contributed by atoms with van der Waals surface area (Å²) in [5.41, 5.74) is 12.1. The van der Waals surface area contributed by atoms with Crippen molar-refractivity contribution in [3.63, 3.8) is 0 Å². The number of allylic oxidation sites excluding steroid dienone is 1. The topological polar surface area (TPSA) is 0 Å². The molecule has 6 bridgehead atoms. The van der Waals surface area contributed by atoms with Gasteiger partial charge in [0.25, 0.3) is 0 Å². The largest absolute Gasteiger partial charge is 3.00 e. The Balaban J connectivity index is 0.000000191. The van der Waals surface area contributed by atoms with E-state index >= 15 is 0 Å². The number of benzene rings is 2. The number of rotatable bonds is 2. The summed E-state index contributed by atoms with van der Waals surface area (Å²) in [6.07, 6.45) is 8.93. The van der Waals surface area contributed by atoms with E-state index in [-0.39, 0.29) is 51.0 Å². The van der Waals surface area contributed by atoms with Crippen LogP contribution in [-0.2, 0) is 31.6 Å². The average molecular weight is 694 g/mol. The van der Waals surface area contributed by atoms with Crippen molar-refractivity contribution in [3.05, 3.63) is 93.2 Å². The van der Waals surface area contributed by atoms with Crippen molar-refractivity contribution >= 4 is 35.4 Å². The molecule has 4 saturated carbocycles. The molecule has 3 heterocycles. The number of hydrogen-bond donors (Lipinski definition) is 0. The van der Waals surface area contributed by atoms with Gasteiger partial charge in [0.15, 0.2) is 0 Å². The van der Waals surface area contributed by atoms with Crippen LogP contribution >= 0.6 is 11.3 Å². The van der Waals surface area contributed by atoms with Crippen molar-refractivity contribution in [3.8, 4) is 11.1 Å². The summed E-state index contributed by atoms with van der Waals surface area (Å²) in [5.74, 6) is 3.05. The standard InChI is InChI=1S/C26H27.C10H12SSi.2ClH.Zr/c1-17-9-22-3-2-4-24(25(22)10-17)21-5-7-23(8-6-21)26-14-18-11-19(15-26)13-20(12-18)16-26;1-6-9-7-4-11-5-8(7)10(6)12(9,2)3;;;/h2-10,18-20H,11-16H2,1H3;4-5,9H,1-3H3;2*1H;/q-1;;;;+3/p-2. The van der Waals surface area contributed by atoms with E-state index in [0.717, 1.165) is 23.3 Å². The zero-order valence-corrected chi connectivity index (χ0v) is 30.4. The molecular weight excluding hydrogens is 655 g/mol. The average Bonchev–Trinajstić information content (AvgIpc) is 3.60. The Kier molecular flexibility index (Phi) is 8.68. The predicted octanol–water partition coefficient (Wildman–Crippen LogP) is 4.43. The van der Waals surface area contributed by atoms with Crippen LogP contribution in [0, 0.1) is 24.7 Å². The van der Waals surface area contributed by atoms with Crippen molar-refractivity contribution in [1.29, 1.82) is 0 Å². The van der Waals surface area contributed by atoms with Gasteiger partial charge in [0.1, 0.15) is 0 Å². The molecule has 3 aromatic carbocycles. The Bertz CT molecular complexity index is 1570. The molecule has 1 atom stereocenters. The van der Waals surface area contributed by atoms with Crippen LogP contribution in [0.4, 0.5) is 0 Å². The Labute approximate surface area is 282 Å². The molecule has 1 unspecified atom stereocenters. The van der Waals surface area contributed by atoms with Crippen LogP contribution < -0.4 is 24.8 Å². The van der Waals surface area contributed by atoms with E-state index in [4.69, 9.17) is 0 Å². The maximum Gasteiger partial charge on any atom is 3.00 e. The molecule has 4 fully saturated rings. The first-order chi connectivity index (χ1) is 18.3. The summed E-state index contributed by atoms with van der Waals surface area (Å²) in [6.45, 7) is 9.53. The van der Waals surface area contributed by atoms with E-state index in [1.165, 1.54) is 66.0 Å². The summed E-state index contributed by atoms with van der Waals surface area (Å²) < 4.78 is 0. The zero-order chi connectivity index (χ0) is 25.8. The molecule has 5 heteroatoms. The zero-order valence-electron chi connectivity index (χ0n) is 24.6. The number of thiophene rings is 1. The molecule has 11 rings (SSSR count). The first-order valence-corrected chi connectivity index (χ1v) is 18.9. The van der Waals surface area contributed by atoms with Gasteiger partial charge in [-0.3, -0.25) is 0 Å². The molecule has 0 amide bonds. The Morgan fingerprint density at radius 2 is 1.46 bits per heavy atom. The minimum atomic E-state index is -0.976. The van der Waals surface area contributed by atoms with Crippen molar-refractivity contribution in [1.82, 2.24) is 0 Å². The van der Waals surface area contributed by atoms with Crippen LogP contribution in [0.25, 0.3) is 27.1 Å². The molecule has 4 aromatic rings. The fourth-order valence-electron chi connectivity index (χ4n) is 10.3. The number of fused-ring (bicyclic) bond motifs is 1. The van der Waals surface area contributed by atoms with Gasteiger partial charge >= 0.3 is 26.2 Å². The Morgan fingerprint density at radius 3 is 2.05 bits per heavy atom. The normalized spacial score (nSPS) is 29.0. The van der Waals surface area contributed by atoms with E-state index in [1.54, 1.807) is 27.5 Å². The maximum atomic E-state index is 2.50. The van der Waals surface area contributed by atoms with Gasteiger partial charge in [0.05, 0.1) is 8.07 Å².